The topological polar surface area (TPSA) is 56.2 Å². The number of benzene rings is 2. The summed E-state index contributed by atoms with van der Waals surface area (Å²) >= 11 is 0. The second-order valence-corrected chi connectivity index (χ2v) is 4.80. The summed E-state index contributed by atoms with van der Waals surface area (Å²) in [6.45, 7) is 0. The molecule has 0 aliphatic carbocycles. The number of aryl methyl sites for hydroxylation is 1. The Morgan fingerprint density at radius 2 is 1.86 bits per heavy atom. The minimum Gasteiger partial charge on any atom is -0.457 e. The molecule has 22 heavy (non-hydrogen) atoms. The fourth-order valence-electron chi connectivity index (χ4n) is 2.00. The van der Waals surface area contributed by atoms with E-state index in [2.05, 4.69) is 10.4 Å². The van der Waals surface area contributed by atoms with Gasteiger partial charge in [0.1, 0.15) is 11.5 Å². The van der Waals surface area contributed by atoms with E-state index >= 15 is 0 Å². The number of ether oxygens (including phenoxy) is 1. The van der Waals surface area contributed by atoms with Gasteiger partial charge in [0, 0.05) is 25.0 Å². The highest BCUT2D eigenvalue weighted by molar-refractivity contribution is 6.04. The summed E-state index contributed by atoms with van der Waals surface area (Å²) in [5, 5.41) is 6.81. The minimum absolute atomic E-state index is 0.204. The van der Waals surface area contributed by atoms with Gasteiger partial charge in [-0.05, 0) is 24.3 Å². The average Bonchev–Trinajstić information content (AvgIpc) is 2.95. The van der Waals surface area contributed by atoms with Crippen LogP contribution in [0.25, 0.3) is 0 Å². The highest BCUT2D eigenvalue weighted by Gasteiger charge is 2.08. The molecule has 5 heteroatoms. The third kappa shape index (κ3) is 3.32. The second-order valence-electron chi connectivity index (χ2n) is 4.80. The summed E-state index contributed by atoms with van der Waals surface area (Å²) in [4.78, 5) is 12.1. The average molecular weight is 293 g/mol. The molecule has 0 saturated carbocycles. The van der Waals surface area contributed by atoms with E-state index in [9.17, 15) is 4.79 Å². The van der Waals surface area contributed by atoms with Crippen LogP contribution in [0.1, 0.15) is 10.4 Å². The van der Waals surface area contributed by atoms with Crippen molar-refractivity contribution in [2.75, 3.05) is 5.32 Å². The van der Waals surface area contributed by atoms with Crippen molar-refractivity contribution in [2.45, 2.75) is 0 Å². The third-order valence-corrected chi connectivity index (χ3v) is 3.04. The highest BCUT2D eigenvalue weighted by Crippen LogP contribution is 2.24. The van der Waals surface area contributed by atoms with Crippen molar-refractivity contribution in [2.24, 2.45) is 7.05 Å². The molecule has 0 spiro atoms. The Labute approximate surface area is 128 Å². The van der Waals surface area contributed by atoms with E-state index in [1.165, 1.54) is 6.20 Å². The van der Waals surface area contributed by atoms with E-state index in [1.807, 2.05) is 48.5 Å². The summed E-state index contributed by atoms with van der Waals surface area (Å²) in [7, 11) is 1.77. The van der Waals surface area contributed by atoms with Crippen molar-refractivity contribution in [3.05, 3.63) is 72.6 Å². The molecular weight excluding hydrogens is 278 g/mol. The number of carbonyl (C=O) groups excluding carboxylic acids is 1. The Hall–Kier alpha value is -3.08. The Morgan fingerprint density at radius 3 is 2.59 bits per heavy atom. The fraction of sp³-hybridized carbons (Fsp3) is 0.0588. The van der Waals surface area contributed by atoms with E-state index in [0.29, 0.717) is 17.0 Å². The van der Waals surface area contributed by atoms with Crippen LogP contribution in [-0.2, 0) is 7.05 Å². The maximum Gasteiger partial charge on any atom is 0.258 e. The summed E-state index contributed by atoms with van der Waals surface area (Å²) in [6.07, 6.45) is 3.19. The van der Waals surface area contributed by atoms with Gasteiger partial charge in [-0.3, -0.25) is 9.48 Å². The van der Waals surface area contributed by atoms with Crippen LogP contribution in [-0.4, -0.2) is 15.7 Å². The van der Waals surface area contributed by atoms with Gasteiger partial charge in [0.2, 0.25) is 0 Å². The van der Waals surface area contributed by atoms with Gasteiger partial charge in [0.15, 0.2) is 0 Å². The van der Waals surface area contributed by atoms with E-state index in [1.54, 1.807) is 24.0 Å². The molecule has 0 bridgehead atoms. The second kappa shape index (κ2) is 6.13. The summed E-state index contributed by atoms with van der Waals surface area (Å²) < 4.78 is 7.33. The zero-order chi connectivity index (χ0) is 15.4. The Kier molecular flexibility index (Phi) is 3.87. The molecular formula is C17H15N3O2. The molecule has 110 valence electrons. The van der Waals surface area contributed by atoms with Crippen LogP contribution in [0.15, 0.2) is 67.0 Å². The maximum absolute atomic E-state index is 12.1. The summed E-state index contributed by atoms with van der Waals surface area (Å²) in [5.41, 5.74) is 1.18. The van der Waals surface area contributed by atoms with Gasteiger partial charge in [-0.2, -0.15) is 5.10 Å². The van der Waals surface area contributed by atoms with Crippen LogP contribution >= 0.6 is 0 Å². The number of aromatic nitrogens is 2. The quantitative estimate of drug-likeness (QED) is 0.801. The van der Waals surface area contributed by atoms with Gasteiger partial charge in [0.25, 0.3) is 5.91 Å². The van der Waals surface area contributed by atoms with Crippen molar-refractivity contribution in [3.63, 3.8) is 0 Å². The van der Waals surface area contributed by atoms with Crippen LogP contribution in [0.3, 0.4) is 0 Å². The number of rotatable bonds is 4. The van der Waals surface area contributed by atoms with Gasteiger partial charge >= 0.3 is 0 Å². The van der Waals surface area contributed by atoms with Gasteiger partial charge in [-0.25, -0.2) is 0 Å². The molecule has 0 fully saturated rings. The lowest BCUT2D eigenvalue weighted by atomic mass is 10.2. The Morgan fingerprint density at radius 1 is 1.09 bits per heavy atom. The Bertz CT molecular complexity index is 781. The molecule has 1 N–H and O–H groups in total. The molecule has 3 rings (SSSR count). The first-order chi connectivity index (χ1) is 10.7. The van der Waals surface area contributed by atoms with Gasteiger partial charge in [-0.1, -0.05) is 24.3 Å². The Balaban J connectivity index is 1.72. The molecule has 3 aromatic rings. The molecule has 0 aliphatic heterocycles. The number of para-hydroxylation sites is 1. The predicted octanol–water partition coefficient (Wildman–Crippen LogP) is 3.46. The van der Waals surface area contributed by atoms with Crippen LogP contribution in [0, 0.1) is 0 Å². The zero-order valence-corrected chi connectivity index (χ0v) is 12.1. The minimum atomic E-state index is -0.204. The van der Waals surface area contributed by atoms with Crippen LogP contribution in [0.5, 0.6) is 11.5 Å². The monoisotopic (exact) mass is 293 g/mol. The predicted molar refractivity (Wildman–Crippen MR) is 84.1 cm³/mol. The summed E-state index contributed by atoms with van der Waals surface area (Å²) in [5.74, 6) is 1.21. The molecule has 1 amide bonds. The number of nitrogens with zero attached hydrogens (tertiary/aromatic N) is 2. The lowest BCUT2D eigenvalue weighted by molar-refractivity contribution is 0.102. The number of nitrogens with one attached hydrogen (secondary N) is 1. The molecule has 1 aromatic heterocycles. The van der Waals surface area contributed by atoms with Crippen molar-refractivity contribution < 1.29 is 9.53 Å². The smallest absolute Gasteiger partial charge is 0.258 e. The highest BCUT2D eigenvalue weighted by atomic mass is 16.5. The molecule has 2 aromatic carbocycles. The summed E-state index contributed by atoms with van der Waals surface area (Å²) in [6, 6.07) is 16.8. The lowest BCUT2D eigenvalue weighted by Gasteiger charge is -2.08. The number of carbonyl (C=O) groups is 1. The molecule has 5 nitrogen and oxygen atoms in total. The molecule has 0 atom stereocenters. The van der Waals surface area contributed by atoms with E-state index in [0.717, 1.165) is 5.75 Å². The molecule has 1 heterocycles. The van der Waals surface area contributed by atoms with E-state index in [-0.39, 0.29) is 5.91 Å². The number of amides is 1. The number of anilines is 1. The first kappa shape index (κ1) is 13.9. The van der Waals surface area contributed by atoms with Crippen molar-refractivity contribution in [3.8, 4) is 11.5 Å². The molecule has 0 saturated heterocycles. The first-order valence-corrected chi connectivity index (χ1v) is 6.84. The van der Waals surface area contributed by atoms with Crippen molar-refractivity contribution in [1.29, 1.82) is 0 Å². The van der Waals surface area contributed by atoms with Crippen LogP contribution < -0.4 is 10.1 Å². The van der Waals surface area contributed by atoms with Crippen molar-refractivity contribution in [1.82, 2.24) is 9.78 Å². The van der Waals surface area contributed by atoms with Gasteiger partial charge < -0.3 is 10.1 Å². The van der Waals surface area contributed by atoms with Crippen LogP contribution in [0.2, 0.25) is 0 Å². The SMILES string of the molecule is Cn1cc(C(=O)Nc2cccc(Oc3ccccc3)c2)cn1. The van der Waals surface area contributed by atoms with Crippen molar-refractivity contribution >= 4 is 11.6 Å². The third-order valence-electron chi connectivity index (χ3n) is 3.04. The first-order valence-electron chi connectivity index (χ1n) is 6.84. The van der Waals surface area contributed by atoms with Crippen LogP contribution in [0.4, 0.5) is 5.69 Å². The van der Waals surface area contributed by atoms with Gasteiger partial charge in [0.05, 0.1) is 11.8 Å². The number of hydrogen-bond donors (Lipinski definition) is 1. The van der Waals surface area contributed by atoms with E-state index < -0.39 is 0 Å². The fourth-order valence-corrected chi connectivity index (χ4v) is 2.00. The maximum atomic E-state index is 12.1. The number of hydrogen-bond acceptors (Lipinski definition) is 3. The molecule has 0 aliphatic rings. The normalized spacial score (nSPS) is 10.2. The zero-order valence-electron chi connectivity index (χ0n) is 12.1. The molecule has 0 unspecified atom stereocenters. The lowest BCUT2D eigenvalue weighted by Crippen LogP contribution is -2.11. The molecule has 0 radical (unpaired) electrons. The standard InChI is InChI=1S/C17H15N3O2/c1-20-12-13(11-18-20)17(21)19-14-6-5-9-16(10-14)22-15-7-3-2-4-8-15/h2-12H,1H3,(H,19,21). The van der Waals surface area contributed by atoms with E-state index in [4.69, 9.17) is 4.74 Å². The largest absolute Gasteiger partial charge is 0.457 e. The van der Waals surface area contributed by atoms with Gasteiger partial charge in [-0.15, -0.1) is 0 Å².